The summed E-state index contributed by atoms with van der Waals surface area (Å²) in [5.41, 5.74) is 13.1. The van der Waals surface area contributed by atoms with E-state index in [-0.39, 0.29) is 5.54 Å². The third-order valence-electron chi connectivity index (χ3n) is 3.06. The molecule has 0 radical (unpaired) electrons. The summed E-state index contributed by atoms with van der Waals surface area (Å²) in [6, 6.07) is 7.16. The molecule has 1 fully saturated rings. The molecule has 86 valence electrons. The summed E-state index contributed by atoms with van der Waals surface area (Å²) < 4.78 is 0. The first-order valence-corrected chi connectivity index (χ1v) is 5.52. The number of anilines is 1. The predicted molar refractivity (Wildman–Crippen MR) is 64.1 cm³/mol. The van der Waals surface area contributed by atoms with E-state index in [1.54, 1.807) is 0 Å². The predicted octanol–water partition coefficient (Wildman–Crippen LogP) is 1.60. The minimum Gasteiger partial charge on any atom is -0.351 e. The molecule has 4 heteroatoms. The van der Waals surface area contributed by atoms with Crippen LogP contribution in [-0.2, 0) is 6.42 Å². The van der Waals surface area contributed by atoms with Gasteiger partial charge in [0.25, 0.3) is 0 Å². The number of benzene rings is 1. The molecule has 0 spiro atoms. The maximum atomic E-state index is 10.8. The molecular weight excluding hydrogens is 202 g/mol. The smallest absolute Gasteiger partial charge is 0.316 e. The number of para-hydroxylation sites is 1. The number of carbonyl (C=O) groups is 1. The van der Waals surface area contributed by atoms with Crippen LogP contribution in [0, 0.1) is 0 Å². The van der Waals surface area contributed by atoms with Gasteiger partial charge in [0.2, 0.25) is 0 Å². The van der Waals surface area contributed by atoms with Crippen molar-refractivity contribution >= 4 is 11.7 Å². The summed E-state index contributed by atoms with van der Waals surface area (Å²) in [5.74, 6) is 0. The van der Waals surface area contributed by atoms with Crippen LogP contribution in [0.4, 0.5) is 10.5 Å². The first kappa shape index (κ1) is 11.0. The van der Waals surface area contributed by atoms with E-state index in [0.717, 1.165) is 36.9 Å². The van der Waals surface area contributed by atoms with Crippen molar-refractivity contribution in [2.75, 3.05) is 5.32 Å². The van der Waals surface area contributed by atoms with E-state index >= 15 is 0 Å². The average molecular weight is 219 g/mol. The fraction of sp³-hybridized carbons (Fsp3) is 0.417. The van der Waals surface area contributed by atoms with Crippen LogP contribution in [0.15, 0.2) is 24.3 Å². The van der Waals surface area contributed by atoms with Crippen molar-refractivity contribution in [3.8, 4) is 0 Å². The van der Waals surface area contributed by atoms with Gasteiger partial charge in [-0.2, -0.15) is 0 Å². The lowest BCUT2D eigenvalue weighted by Gasteiger charge is -2.12. The van der Waals surface area contributed by atoms with E-state index in [9.17, 15) is 4.79 Å². The van der Waals surface area contributed by atoms with Gasteiger partial charge < -0.3 is 16.8 Å². The van der Waals surface area contributed by atoms with Crippen molar-refractivity contribution in [1.29, 1.82) is 0 Å². The highest BCUT2D eigenvalue weighted by Crippen LogP contribution is 2.37. The molecule has 1 aromatic rings. The van der Waals surface area contributed by atoms with Crippen molar-refractivity contribution in [1.82, 2.24) is 0 Å². The summed E-state index contributed by atoms with van der Waals surface area (Å²) in [4.78, 5) is 10.8. The second-order valence-corrected chi connectivity index (χ2v) is 4.51. The molecular formula is C12H17N3O. The number of hydrogen-bond acceptors (Lipinski definition) is 2. The molecule has 2 rings (SSSR count). The van der Waals surface area contributed by atoms with Gasteiger partial charge >= 0.3 is 6.03 Å². The van der Waals surface area contributed by atoms with Crippen LogP contribution in [0.25, 0.3) is 0 Å². The van der Waals surface area contributed by atoms with Gasteiger partial charge in [-0.25, -0.2) is 4.79 Å². The third-order valence-corrected chi connectivity index (χ3v) is 3.06. The molecule has 2 amide bonds. The van der Waals surface area contributed by atoms with E-state index in [1.807, 2.05) is 24.3 Å². The number of hydrogen-bond donors (Lipinski definition) is 3. The summed E-state index contributed by atoms with van der Waals surface area (Å²) in [6.07, 6.45) is 4.06. The molecule has 0 heterocycles. The Kier molecular flexibility index (Phi) is 2.83. The lowest BCUT2D eigenvalue weighted by molar-refractivity contribution is 0.259. The normalized spacial score (nSPS) is 16.8. The average Bonchev–Trinajstić information content (AvgIpc) is 2.95. The molecule has 0 aromatic heterocycles. The third kappa shape index (κ3) is 2.73. The maximum absolute atomic E-state index is 10.8. The minimum absolute atomic E-state index is 0.0415. The molecule has 1 aliphatic rings. The Hall–Kier alpha value is -1.55. The molecule has 1 aromatic carbocycles. The zero-order valence-electron chi connectivity index (χ0n) is 9.20. The quantitative estimate of drug-likeness (QED) is 0.719. The van der Waals surface area contributed by atoms with Gasteiger partial charge in [0.1, 0.15) is 0 Å². The Morgan fingerprint density at radius 2 is 2.06 bits per heavy atom. The monoisotopic (exact) mass is 219 g/mol. The zero-order chi connectivity index (χ0) is 11.6. The minimum atomic E-state index is -0.527. The Bertz CT molecular complexity index is 399. The van der Waals surface area contributed by atoms with Gasteiger partial charge in [0.05, 0.1) is 0 Å². The van der Waals surface area contributed by atoms with Crippen molar-refractivity contribution in [2.45, 2.75) is 31.2 Å². The second-order valence-electron chi connectivity index (χ2n) is 4.51. The first-order valence-electron chi connectivity index (χ1n) is 5.52. The molecule has 5 N–H and O–H groups in total. The molecule has 0 aliphatic heterocycles. The Balaban J connectivity index is 2.03. The number of nitrogens with one attached hydrogen (secondary N) is 1. The first-order chi connectivity index (χ1) is 7.59. The van der Waals surface area contributed by atoms with Gasteiger partial charge in [-0.15, -0.1) is 0 Å². The van der Waals surface area contributed by atoms with Gasteiger partial charge in [-0.3, -0.25) is 0 Å². The van der Waals surface area contributed by atoms with Crippen LogP contribution < -0.4 is 16.8 Å². The Morgan fingerprint density at radius 1 is 1.38 bits per heavy atom. The summed E-state index contributed by atoms with van der Waals surface area (Å²) >= 11 is 0. The van der Waals surface area contributed by atoms with E-state index in [0.29, 0.717) is 0 Å². The van der Waals surface area contributed by atoms with E-state index in [1.165, 1.54) is 0 Å². The second kappa shape index (κ2) is 4.14. The SMILES string of the molecule is NC(=O)Nc1ccccc1CCC1(N)CC1. The molecule has 0 unspecified atom stereocenters. The molecule has 4 nitrogen and oxygen atoms in total. The van der Waals surface area contributed by atoms with Crippen LogP contribution in [0.3, 0.4) is 0 Å². The van der Waals surface area contributed by atoms with Crippen LogP contribution in [0.1, 0.15) is 24.8 Å². The van der Waals surface area contributed by atoms with Crippen LogP contribution in [0.2, 0.25) is 0 Å². The highest BCUT2D eigenvalue weighted by atomic mass is 16.2. The van der Waals surface area contributed by atoms with Gasteiger partial charge in [0.15, 0.2) is 0 Å². The number of urea groups is 1. The van der Waals surface area contributed by atoms with Gasteiger partial charge in [-0.1, -0.05) is 18.2 Å². The molecule has 0 saturated heterocycles. The number of rotatable bonds is 4. The summed E-state index contributed by atoms with van der Waals surface area (Å²) in [7, 11) is 0. The largest absolute Gasteiger partial charge is 0.351 e. The topological polar surface area (TPSA) is 81.1 Å². The van der Waals surface area contributed by atoms with Gasteiger partial charge in [-0.05, 0) is 37.3 Å². The lowest BCUT2D eigenvalue weighted by Crippen LogP contribution is -2.23. The number of nitrogens with two attached hydrogens (primary N) is 2. The standard InChI is InChI=1S/C12H17N3O/c13-11(16)15-10-4-2-1-3-9(10)5-6-12(14)7-8-12/h1-4H,5-8,14H2,(H3,13,15,16). The van der Waals surface area contributed by atoms with E-state index < -0.39 is 6.03 Å². The number of aryl methyl sites for hydroxylation is 1. The number of carbonyl (C=O) groups excluding carboxylic acids is 1. The van der Waals surface area contributed by atoms with E-state index in [4.69, 9.17) is 11.5 Å². The van der Waals surface area contributed by atoms with E-state index in [2.05, 4.69) is 5.32 Å². The Labute approximate surface area is 95.0 Å². The summed E-state index contributed by atoms with van der Waals surface area (Å²) in [5, 5.41) is 2.63. The molecule has 1 aliphatic carbocycles. The lowest BCUT2D eigenvalue weighted by atomic mass is 10.0. The van der Waals surface area contributed by atoms with Gasteiger partial charge in [0, 0.05) is 11.2 Å². The van der Waals surface area contributed by atoms with Crippen LogP contribution in [0.5, 0.6) is 0 Å². The highest BCUT2D eigenvalue weighted by molar-refractivity contribution is 5.88. The zero-order valence-corrected chi connectivity index (χ0v) is 9.20. The van der Waals surface area contributed by atoms with Crippen molar-refractivity contribution in [2.24, 2.45) is 11.5 Å². The molecule has 1 saturated carbocycles. The van der Waals surface area contributed by atoms with Crippen LogP contribution in [-0.4, -0.2) is 11.6 Å². The molecule has 0 atom stereocenters. The Morgan fingerprint density at radius 3 is 2.69 bits per heavy atom. The number of primary amides is 1. The number of amides is 2. The summed E-state index contributed by atoms with van der Waals surface area (Å²) in [6.45, 7) is 0. The van der Waals surface area contributed by atoms with Crippen molar-refractivity contribution < 1.29 is 4.79 Å². The van der Waals surface area contributed by atoms with Crippen molar-refractivity contribution in [3.63, 3.8) is 0 Å². The van der Waals surface area contributed by atoms with Crippen molar-refractivity contribution in [3.05, 3.63) is 29.8 Å². The highest BCUT2D eigenvalue weighted by Gasteiger charge is 2.37. The molecule has 0 bridgehead atoms. The van der Waals surface area contributed by atoms with Crippen LogP contribution >= 0.6 is 0 Å². The maximum Gasteiger partial charge on any atom is 0.316 e. The molecule has 16 heavy (non-hydrogen) atoms. The fourth-order valence-electron chi connectivity index (χ4n) is 1.79. The fourth-order valence-corrected chi connectivity index (χ4v) is 1.79.